The van der Waals surface area contributed by atoms with Crippen molar-refractivity contribution in [1.29, 1.82) is 5.26 Å². The number of aryl methyl sites for hydroxylation is 1. The first kappa shape index (κ1) is 12.1. The fourth-order valence-electron chi connectivity index (χ4n) is 3.43. The fourth-order valence-corrected chi connectivity index (χ4v) is 6.29. The summed E-state index contributed by atoms with van der Waals surface area (Å²) in [7, 11) is 1.77. The molecule has 0 fully saturated rings. The maximum atomic E-state index is 9.61. The number of nitrogens with zero attached hydrogens (tertiary/aromatic N) is 2. The van der Waals surface area contributed by atoms with Crippen LogP contribution in [0.15, 0.2) is 42.4 Å². The van der Waals surface area contributed by atoms with Crippen LogP contribution in [-0.2, 0) is 7.05 Å². The number of benzene rings is 2. The van der Waals surface area contributed by atoms with E-state index in [4.69, 9.17) is 8.22 Å². The summed E-state index contributed by atoms with van der Waals surface area (Å²) in [6, 6.07) is 11.8. The van der Waals surface area contributed by atoms with Crippen LogP contribution in [0, 0.1) is 25.2 Å². The van der Waals surface area contributed by atoms with E-state index in [0.717, 1.165) is 30.4 Å². The number of fused-ring (bicyclic) bond motifs is 3. The van der Waals surface area contributed by atoms with Crippen molar-refractivity contribution in [2.75, 3.05) is 0 Å². The van der Waals surface area contributed by atoms with Crippen molar-refractivity contribution >= 4 is 33.8 Å². The fraction of sp³-hybridized carbons (Fsp3) is 0.250. The van der Waals surface area contributed by atoms with Gasteiger partial charge in [0.05, 0.1) is 0 Å². The minimum atomic E-state index is -2.70. The molecule has 0 amide bonds. The first-order chi connectivity index (χ1) is 15.3. The van der Waals surface area contributed by atoms with E-state index < -0.39 is 12.7 Å². The van der Waals surface area contributed by atoms with Crippen LogP contribution in [0.25, 0.3) is 30.6 Å². The Morgan fingerprint density at radius 3 is 2.70 bits per heavy atom. The van der Waals surface area contributed by atoms with Gasteiger partial charge in [-0.15, -0.1) is 0 Å². The summed E-state index contributed by atoms with van der Waals surface area (Å²) in [6.07, 6.45) is 0. The van der Waals surface area contributed by atoms with Gasteiger partial charge in [-0.3, -0.25) is 0 Å². The van der Waals surface area contributed by atoms with Gasteiger partial charge >= 0.3 is 175 Å². The Labute approximate surface area is 174 Å². The average Bonchev–Trinajstić information content (AvgIpc) is 3.11. The van der Waals surface area contributed by atoms with Crippen LogP contribution in [0.3, 0.4) is 0 Å². The molecule has 0 aliphatic heterocycles. The SMILES string of the molecule is [2H]c1c(C([2H])(C)C([2H])([2H])[2H])c([2H])c(-c2c(C)ccc3c2[se]c2c(C#N)cccc23)[n+](C)c1C. The van der Waals surface area contributed by atoms with E-state index in [-0.39, 0.29) is 32.2 Å². The van der Waals surface area contributed by atoms with Gasteiger partial charge in [0.25, 0.3) is 0 Å². The molecule has 134 valence electrons. The third kappa shape index (κ3) is 2.81. The Kier molecular flexibility index (Phi) is 2.99. The van der Waals surface area contributed by atoms with Crippen molar-refractivity contribution in [2.24, 2.45) is 7.05 Å². The number of pyridine rings is 1. The topological polar surface area (TPSA) is 27.7 Å². The van der Waals surface area contributed by atoms with Gasteiger partial charge in [0.1, 0.15) is 0 Å². The van der Waals surface area contributed by atoms with E-state index in [1.54, 1.807) is 18.5 Å². The molecule has 1 atom stereocenters. The standard InChI is InChI=1S/C24H23N2Se/c1-14(2)18-11-16(4)26(5)21(12-18)22-15(3)9-10-20-19-8-6-7-17(13-25)23(19)27-24(20)22/h6-12,14H,1-5H3/q+1/i1D3,11D,12D,14D. The third-order valence-electron chi connectivity index (χ3n) is 5.00. The van der Waals surface area contributed by atoms with E-state index in [1.165, 1.54) is 6.92 Å². The number of hydrogen-bond acceptors (Lipinski definition) is 1. The predicted octanol–water partition coefficient (Wildman–Crippen LogP) is 5.15. The van der Waals surface area contributed by atoms with Gasteiger partial charge in [-0.05, 0) is 0 Å². The summed E-state index contributed by atoms with van der Waals surface area (Å²) in [6.45, 7) is 2.23. The summed E-state index contributed by atoms with van der Waals surface area (Å²) in [5.74, 6) is -2.11. The van der Waals surface area contributed by atoms with Crippen LogP contribution in [0.4, 0.5) is 0 Å². The second-order valence-corrected chi connectivity index (χ2v) is 8.91. The molecule has 2 heterocycles. The van der Waals surface area contributed by atoms with E-state index in [1.807, 2.05) is 37.3 Å². The van der Waals surface area contributed by atoms with E-state index in [0.29, 0.717) is 17.0 Å². The molecule has 0 N–H and O–H groups in total. The third-order valence-corrected chi connectivity index (χ3v) is 7.66. The molecule has 2 nitrogen and oxygen atoms in total. The summed E-state index contributed by atoms with van der Waals surface area (Å²) in [5.41, 5.74) is 3.30. The molecule has 0 aliphatic rings. The van der Waals surface area contributed by atoms with Gasteiger partial charge in [-0.2, -0.15) is 0 Å². The van der Waals surface area contributed by atoms with Crippen LogP contribution in [-0.4, -0.2) is 14.5 Å². The zero-order valence-electron chi connectivity index (χ0n) is 21.7. The van der Waals surface area contributed by atoms with E-state index >= 15 is 0 Å². The molecule has 0 saturated heterocycles. The van der Waals surface area contributed by atoms with Gasteiger partial charge in [-0.25, -0.2) is 0 Å². The van der Waals surface area contributed by atoms with Gasteiger partial charge in [0, 0.05) is 0 Å². The Morgan fingerprint density at radius 1 is 1.19 bits per heavy atom. The van der Waals surface area contributed by atoms with Crippen molar-refractivity contribution in [3.8, 4) is 17.3 Å². The van der Waals surface area contributed by atoms with Crippen LogP contribution >= 0.6 is 0 Å². The normalized spacial score (nSPS) is 17.3. The van der Waals surface area contributed by atoms with Crippen LogP contribution in [0.5, 0.6) is 0 Å². The van der Waals surface area contributed by atoms with Gasteiger partial charge in [-0.1, -0.05) is 0 Å². The molecule has 4 aromatic rings. The molecule has 0 bridgehead atoms. The first-order valence-corrected chi connectivity index (χ1v) is 10.4. The Morgan fingerprint density at radius 2 is 1.96 bits per heavy atom. The minimum absolute atomic E-state index is 0.0918. The number of hydrogen-bond donors (Lipinski definition) is 0. The molecule has 0 spiro atoms. The summed E-state index contributed by atoms with van der Waals surface area (Å²) < 4.78 is 53.8. The Balaban J connectivity index is 2.20. The van der Waals surface area contributed by atoms with E-state index in [9.17, 15) is 5.26 Å². The second-order valence-electron chi connectivity index (χ2n) is 6.77. The van der Waals surface area contributed by atoms with Crippen molar-refractivity contribution in [3.63, 3.8) is 0 Å². The van der Waals surface area contributed by atoms with Gasteiger partial charge < -0.3 is 0 Å². The van der Waals surface area contributed by atoms with Crippen LogP contribution < -0.4 is 4.57 Å². The Bertz CT molecular complexity index is 1490. The summed E-state index contributed by atoms with van der Waals surface area (Å²) >= 11 is -0.181. The number of rotatable bonds is 2. The molecule has 0 aliphatic carbocycles. The summed E-state index contributed by atoms with van der Waals surface area (Å²) in [4.78, 5) is 0. The zero-order valence-corrected chi connectivity index (χ0v) is 17.4. The van der Waals surface area contributed by atoms with Crippen LogP contribution in [0.1, 0.15) is 50.3 Å². The van der Waals surface area contributed by atoms with Crippen molar-refractivity contribution < 1.29 is 12.8 Å². The Hall–Kier alpha value is -2.40. The average molecular weight is 424 g/mol. The van der Waals surface area contributed by atoms with Gasteiger partial charge in [0.2, 0.25) is 0 Å². The molecular weight excluding hydrogens is 395 g/mol. The number of nitriles is 1. The molecule has 27 heavy (non-hydrogen) atoms. The molecule has 2 aromatic carbocycles. The maximum absolute atomic E-state index is 9.61. The molecule has 3 heteroatoms. The molecule has 0 saturated carbocycles. The van der Waals surface area contributed by atoms with Crippen molar-refractivity contribution in [2.45, 2.75) is 33.5 Å². The van der Waals surface area contributed by atoms with Gasteiger partial charge in [0.15, 0.2) is 0 Å². The monoisotopic (exact) mass is 425 g/mol. The molecular formula is C24H23N2Se+. The second kappa shape index (κ2) is 6.64. The first-order valence-electron chi connectivity index (χ1n) is 11.7. The molecule has 2 aromatic heterocycles. The van der Waals surface area contributed by atoms with E-state index in [2.05, 4.69) is 6.07 Å². The van der Waals surface area contributed by atoms with Crippen LogP contribution in [0.2, 0.25) is 0 Å². The van der Waals surface area contributed by atoms with Crippen molar-refractivity contribution in [1.82, 2.24) is 0 Å². The number of aromatic nitrogens is 1. The molecule has 1 unspecified atom stereocenters. The zero-order chi connectivity index (χ0) is 24.5. The molecule has 0 radical (unpaired) electrons. The molecule has 4 rings (SSSR count). The summed E-state index contributed by atoms with van der Waals surface area (Å²) in [5, 5.41) is 11.6. The quantitative estimate of drug-likeness (QED) is 0.323. The predicted molar refractivity (Wildman–Crippen MR) is 113 cm³/mol. The van der Waals surface area contributed by atoms with Crippen molar-refractivity contribution in [3.05, 3.63) is 64.8 Å².